The van der Waals surface area contributed by atoms with Gasteiger partial charge in [-0.2, -0.15) is 5.26 Å². The largest absolute Gasteiger partial charge is 0.379 e. The van der Waals surface area contributed by atoms with Crippen LogP contribution in [0.3, 0.4) is 0 Å². The van der Waals surface area contributed by atoms with E-state index >= 15 is 0 Å². The van der Waals surface area contributed by atoms with Crippen LogP contribution < -0.4 is 0 Å². The SMILES string of the molecule is CCCCOCCOCCOCCOCC(Cl)C#N. The monoisotopic (exact) mass is 293 g/mol. The molecule has 112 valence electrons. The number of rotatable bonds is 14. The predicted octanol–water partition coefficient (Wildman–Crippen LogP) is 1.98. The van der Waals surface area contributed by atoms with Crippen LogP contribution in [0.2, 0.25) is 0 Å². The molecule has 1 atom stereocenters. The highest BCUT2D eigenvalue weighted by Gasteiger charge is 2.00. The van der Waals surface area contributed by atoms with E-state index in [0.29, 0.717) is 39.6 Å². The summed E-state index contributed by atoms with van der Waals surface area (Å²) in [5, 5.41) is 7.82. The Labute approximate surface area is 120 Å². The Hall–Kier alpha value is -0.380. The molecule has 0 amide bonds. The molecule has 0 heterocycles. The van der Waals surface area contributed by atoms with Crippen molar-refractivity contribution in [1.82, 2.24) is 0 Å². The van der Waals surface area contributed by atoms with Crippen molar-refractivity contribution in [2.75, 3.05) is 52.9 Å². The van der Waals surface area contributed by atoms with Crippen LogP contribution in [-0.4, -0.2) is 58.2 Å². The summed E-state index contributed by atoms with van der Waals surface area (Å²) >= 11 is 5.55. The van der Waals surface area contributed by atoms with Crippen LogP contribution in [0.5, 0.6) is 0 Å². The van der Waals surface area contributed by atoms with Gasteiger partial charge < -0.3 is 18.9 Å². The van der Waals surface area contributed by atoms with Crippen LogP contribution in [0, 0.1) is 11.3 Å². The van der Waals surface area contributed by atoms with E-state index in [0.717, 1.165) is 19.4 Å². The van der Waals surface area contributed by atoms with E-state index in [-0.39, 0.29) is 6.61 Å². The molecular formula is C13H24ClNO4. The molecule has 0 aromatic rings. The summed E-state index contributed by atoms with van der Waals surface area (Å²) in [4.78, 5) is 0. The van der Waals surface area contributed by atoms with Crippen LogP contribution >= 0.6 is 11.6 Å². The molecule has 0 rings (SSSR count). The number of hydrogen-bond acceptors (Lipinski definition) is 5. The third-order valence-corrected chi connectivity index (χ3v) is 2.39. The third kappa shape index (κ3) is 15.6. The smallest absolute Gasteiger partial charge is 0.143 e. The van der Waals surface area contributed by atoms with Crippen molar-refractivity contribution in [2.24, 2.45) is 0 Å². The van der Waals surface area contributed by atoms with Gasteiger partial charge >= 0.3 is 0 Å². The average molecular weight is 294 g/mol. The Bertz CT molecular complexity index is 223. The predicted molar refractivity (Wildman–Crippen MR) is 73.4 cm³/mol. The van der Waals surface area contributed by atoms with E-state index in [4.69, 9.17) is 35.8 Å². The summed E-state index contributed by atoms with van der Waals surface area (Å²) in [5.74, 6) is 0. The highest BCUT2D eigenvalue weighted by Crippen LogP contribution is 1.93. The lowest BCUT2D eigenvalue weighted by molar-refractivity contribution is -0.00130. The zero-order valence-electron chi connectivity index (χ0n) is 11.6. The average Bonchev–Trinajstić information content (AvgIpc) is 2.43. The first-order valence-electron chi connectivity index (χ1n) is 6.66. The van der Waals surface area contributed by atoms with Gasteiger partial charge in [0, 0.05) is 6.61 Å². The van der Waals surface area contributed by atoms with Crippen LogP contribution in [0.4, 0.5) is 0 Å². The molecule has 0 aromatic heterocycles. The second-order valence-corrected chi connectivity index (χ2v) is 4.39. The maximum Gasteiger partial charge on any atom is 0.143 e. The molecular weight excluding hydrogens is 270 g/mol. The molecule has 0 aliphatic rings. The third-order valence-electron chi connectivity index (χ3n) is 2.16. The zero-order chi connectivity index (χ0) is 14.2. The maximum atomic E-state index is 8.41. The summed E-state index contributed by atoms with van der Waals surface area (Å²) in [6.07, 6.45) is 2.24. The Balaban J connectivity index is 2.97. The molecule has 0 spiro atoms. The molecule has 5 nitrogen and oxygen atoms in total. The first kappa shape index (κ1) is 18.6. The second-order valence-electron chi connectivity index (χ2n) is 3.86. The van der Waals surface area contributed by atoms with Gasteiger partial charge in [-0.3, -0.25) is 0 Å². The van der Waals surface area contributed by atoms with E-state index in [2.05, 4.69) is 6.92 Å². The lowest BCUT2D eigenvalue weighted by atomic mass is 10.4. The quantitative estimate of drug-likeness (QED) is 0.362. The topological polar surface area (TPSA) is 60.7 Å². The lowest BCUT2D eigenvalue weighted by Gasteiger charge is -2.07. The fraction of sp³-hybridized carbons (Fsp3) is 0.923. The second kappa shape index (κ2) is 15.7. The van der Waals surface area contributed by atoms with Crippen LogP contribution in [0.1, 0.15) is 19.8 Å². The molecule has 0 saturated heterocycles. The highest BCUT2D eigenvalue weighted by molar-refractivity contribution is 6.22. The molecule has 0 aromatic carbocycles. The lowest BCUT2D eigenvalue weighted by Crippen LogP contribution is -2.14. The van der Waals surface area contributed by atoms with Crippen LogP contribution in [-0.2, 0) is 18.9 Å². The van der Waals surface area contributed by atoms with E-state index in [1.165, 1.54) is 0 Å². The van der Waals surface area contributed by atoms with E-state index in [1.54, 1.807) is 0 Å². The van der Waals surface area contributed by atoms with Gasteiger partial charge in [-0.15, -0.1) is 11.6 Å². The molecule has 0 saturated carbocycles. The first-order valence-corrected chi connectivity index (χ1v) is 7.09. The fourth-order valence-corrected chi connectivity index (χ4v) is 1.22. The summed E-state index contributed by atoms with van der Waals surface area (Å²) in [6, 6.07) is 1.88. The molecule has 19 heavy (non-hydrogen) atoms. The number of nitriles is 1. The van der Waals surface area contributed by atoms with Gasteiger partial charge in [-0.05, 0) is 6.42 Å². The van der Waals surface area contributed by atoms with Crippen molar-refractivity contribution in [3.05, 3.63) is 0 Å². The van der Waals surface area contributed by atoms with Crippen molar-refractivity contribution >= 4 is 11.6 Å². The zero-order valence-corrected chi connectivity index (χ0v) is 12.4. The molecule has 0 N–H and O–H groups in total. The summed E-state index contributed by atoms with van der Waals surface area (Å²) in [5.41, 5.74) is 0. The summed E-state index contributed by atoms with van der Waals surface area (Å²) in [6.45, 7) is 6.39. The minimum Gasteiger partial charge on any atom is -0.379 e. The molecule has 0 bridgehead atoms. The Morgan fingerprint density at radius 3 is 1.84 bits per heavy atom. The van der Waals surface area contributed by atoms with E-state index < -0.39 is 5.38 Å². The minimum absolute atomic E-state index is 0.229. The normalized spacial score (nSPS) is 12.3. The van der Waals surface area contributed by atoms with Gasteiger partial charge in [0.1, 0.15) is 5.38 Å². The standard InChI is InChI=1S/C13H24ClNO4/c1-2-3-4-16-5-6-17-7-8-18-9-10-19-12-13(14)11-15/h13H,2-10,12H2,1H3. The number of ether oxygens (including phenoxy) is 4. The van der Waals surface area contributed by atoms with Gasteiger partial charge in [-0.25, -0.2) is 0 Å². The molecule has 0 aliphatic carbocycles. The van der Waals surface area contributed by atoms with Crippen LogP contribution in [0.25, 0.3) is 0 Å². The van der Waals surface area contributed by atoms with Crippen molar-refractivity contribution < 1.29 is 18.9 Å². The molecule has 0 radical (unpaired) electrons. The van der Waals surface area contributed by atoms with Gasteiger partial charge in [-0.1, -0.05) is 13.3 Å². The highest BCUT2D eigenvalue weighted by atomic mass is 35.5. The molecule has 0 aliphatic heterocycles. The van der Waals surface area contributed by atoms with Crippen molar-refractivity contribution in [2.45, 2.75) is 25.1 Å². The van der Waals surface area contributed by atoms with Gasteiger partial charge in [0.25, 0.3) is 0 Å². The number of hydrogen-bond donors (Lipinski definition) is 0. The number of halogens is 1. The Morgan fingerprint density at radius 1 is 0.895 bits per heavy atom. The molecule has 0 fully saturated rings. The maximum absolute atomic E-state index is 8.41. The number of alkyl halides is 1. The molecule has 1 unspecified atom stereocenters. The van der Waals surface area contributed by atoms with Gasteiger partial charge in [0.2, 0.25) is 0 Å². The Kier molecular flexibility index (Phi) is 15.4. The van der Waals surface area contributed by atoms with Crippen molar-refractivity contribution in [3.8, 4) is 6.07 Å². The first-order chi connectivity index (χ1) is 9.31. The summed E-state index contributed by atoms with van der Waals surface area (Å²) in [7, 11) is 0. The van der Waals surface area contributed by atoms with Crippen molar-refractivity contribution in [3.63, 3.8) is 0 Å². The summed E-state index contributed by atoms with van der Waals surface area (Å²) < 4.78 is 21.1. The van der Waals surface area contributed by atoms with E-state index in [1.807, 2.05) is 6.07 Å². The fourth-order valence-electron chi connectivity index (χ4n) is 1.13. The Morgan fingerprint density at radius 2 is 1.37 bits per heavy atom. The van der Waals surface area contributed by atoms with E-state index in [9.17, 15) is 0 Å². The minimum atomic E-state index is -0.587. The number of unbranched alkanes of at least 4 members (excludes halogenated alkanes) is 1. The van der Waals surface area contributed by atoms with Crippen molar-refractivity contribution in [1.29, 1.82) is 5.26 Å². The molecule has 6 heteroatoms. The van der Waals surface area contributed by atoms with Crippen LogP contribution in [0.15, 0.2) is 0 Å². The van der Waals surface area contributed by atoms with Gasteiger partial charge in [0.15, 0.2) is 0 Å². The number of nitrogens with zero attached hydrogens (tertiary/aromatic N) is 1. The van der Waals surface area contributed by atoms with Gasteiger partial charge in [0.05, 0.1) is 52.3 Å².